The van der Waals surface area contributed by atoms with Gasteiger partial charge < -0.3 is 20.1 Å². The Kier molecular flexibility index (Phi) is 4.84. The van der Waals surface area contributed by atoms with Gasteiger partial charge in [0.15, 0.2) is 0 Å². The summed E-state index contributed by atoms with van der Waals surface area (Å²) in [6.45, 7) is 4.36. The Morgan fingerprint density at radius 1 is 1.45 bits per heavy atom. The van der Waals surface area contributed by atoms with Crippen LogP contribution in [0.15, 0.2) is 18.2 Å². The van der Waals surface area contributed by atoms with Gasteiger partial charge >= 0.3 is 0 Å². The van der Waals surface area contributed by atoms with Crippen LogP contribution >= 0.6 is 0 Å². The molecule has 1 aromatic carbocycles. The first kappa shape index (κ1) is 14.7. The van der Waals surface area contributed by atoms with E-state index in [2.05, 4.69) is 17.6 Å². The Morgan fingerprint density at radius 2 is 2.25 bits per heavy atom. The quantitative estimate of drug-likeness (QED) is 0.869. The maximum atomic E-state index is 11.1. The molecule has 0 radical (unpaired) electrons. The molecule has 0 aliphatic carbocycles. The average Bonchev–Trinajstić information content (AvgIpc) is 2.83. The molecule has 1 saturated heterocycles. The lowest BCUT2D eigenvalue weighted by molar-refractivity contribution is -0.114. The van der Waals surface area contributed by atoms with Crippen LogP contribution < -0.4 is 15.4 Å². The molecule has 2 N–H and O–H groups in total. The molecule has 2 unspecified atom stereocenters. The summed E-state index contributed by atoms with van der Waals surface area (Å²) in [4.78, 5) is 11.1. The van der Waals surface area contributed by atoms with Crippen molar-refractivity contribution >= 4 is 17.3 Å². The summed E-state index contributed by atoms with van der Waals surface area (Å²) in [6.07, 6.45) is 2.84. The minimum Gasteiger partial charge on any atom is -0.494 e. The molecule has 0 bridgehead atoms. The molecule has 0 aromatic heterocycles. The molecule has 0 saturated carbocycles. The van der Waals surface area contributed by atoms with Gasteiger partial charge in [-0.05, 0) is 31.9 Å². The zero-order valence-electron chi connectivity index (χ0n) is 12.2. The summed E-state index contributed by atoms with van der Waals surface area (Å²) in [5, 5.41) is 6.08. The number of nitrogens with one attached hydrogen (secondary N) is 2. The molecule has 1 heterocycles. The molecule has 1 aliphatic heterocycles. The second kappa shape index (κ2) is 6.61. The molecule has 2 atom stereocenters. The minimum atomic E-state index is -0.114. The molecular weight excluding hydrogens is 256 g/mol. The van der Waals surface area contributed by atoms with Crippen LogP contribution in [0.4, 0.5) is 11.4 Å². The molecule has 110 valence electrons. The van der Waals surface area contributed by atoms with Gasteiger partial charge in [0, 0.05) is 25.2 Å². The molecule has 5 heteroatoms. The Hall–Kier alpha value is -1.75. The monoisotopic (exact) mass is 278 g/mol. The van der Waals surface area contributed by atoms with Gasteiger partial charge in [0.2, 0.25) is 5.91 Å². The van der Waals surface area contributed by atoms with Crippen LogP contribution in [-0.2, 0) is 9.53 Å². The smallest absolute Gasteiger partial charge is 0.221 e. The van der Waals surface area contributed by atoms with Crippen LogP contribution in [0.2, 0.25) is 0 Å². The lowest BCUT2D eigenvalue weighted by atomic mass is 10.2. The fourth-order valence-corrected chi connectivity index (χ4v) is 2.36. The van der Waals surface area contributed by atoms with Crippen LogP contribution in [0, 0.1) is 0 Å². The minimum absolute atomic E-state index is 0.114. The highest BCUT2D eigenvalue weighted by Crippen LogP contribution is 2.28. The van der Waals surface area contributed by atoms with Crippen molar-refractivity contribution in [3.05, 3.63) is 18.2 Å². The van der Waals surface area contributed by atoms with Gasteiger partial charge in [0.1, 0.15) is 5.75 Å². The summed E-state index contributed by atoms with van der Waals surface area (Å²) in [6, 6.07) is 5.64. The van der Waals surface area contributed by atoms with Crippen molar-refractivity contribution in [1.82, 2.24) is 0 Å². The van der Waals surface area contributed by atoms with Crippen molar-refractivity contribution in [2.45, 2.75) is 38.9 Å². The number of hydrogen-bond donors (Lipinski definition) is 2. The highest BCUT2D eigenvalue weighted by atomic mass is 16.5. The maximum Gasteiger partial charge on any atom is 0.221 e. The second-order valence-electron chi connectivity index (χ2n) is 5.12. The van der Waals surface area contributed by atoms with Gasteiger partial charge in [0.25, 0.3) is 0 Å². The van der Waals surface area contributed by atoms with E-state index in [1.54, 1.807) is 7.11 Å². The standard InChI is InChI=1S/C15H22N2O3/c1-10-4-6-13(20-10)9-16-12-5-7-14(17-11(2)18)15(8-12)19-3/h5,7-8,10,13,16H,4,6,9H2,1-3H3,(H,17,18). The van der Waals surface area contributed by atoms with E-state index < -0.39 is 0 Å². The first-order chi connectivity index (χ1) is 9.58. The number of amides is 1. The normalized spacial score (nSPS) is 21.6. The largest absolute Gasteiger partial charge is 0.494 e. The number of carbonyl (C=O) groups excluding carboxylic acids is 1. The number of hydrogen-bond acceptors (Lipinski definition) is 4. The maximum absolute atomic E-state index is 11.1. The molecule has 0 spiro atoms. The van der Waals surface area contributed by atoms with Crippen LogP contribution in [0.3, 0.4) is 0 Å². The van der Waals surface area contributed by atoms with Crippen LogP contribution in [0.5, 0.6) is 5.75 Å². The van der Waals surface area contributed by atoms with E-state index >= 15 is 0 Å². The first-order valence-electron chi connectivity index (χ1n) is 6.93. The van der Waals surface area contributed by atoms with Crippen molar-refractivity contribution < 1.29 is 14.3 Å². The highest BCUT2D eigenvalue weighted by molar-refractivity contribution is 5.90. The molecule has 1 aliphatic rings. The van der Waals surface area contributed by atoms with Crippen molar-refractivity contribution in [3.8, 4) is 5.75 Å². The van der Waals surface area contributed by atoms with E-state index in [4.69, 9.17) is 9.47 Å². The predicted octanol–water partition coefficient (Wildman–Crippen LogP) is 2.63. The van der Waals surface area contributed by atoms with Crippen molar-refractivity contribution in [2.24, 2.45) is 0 Å². The van der Waals surface area contributed by atoms with Gasteiger partial charge in [-0.25, -0.2) is 0 Å². The molecule has 1 aromatic rings. The summed E-state index contributed by atoms with van der Waals surface area (Å²) in [5.74, 6) is 0.531. The van der Waals surface area contributed by atoms with Crippen molar-refractivity contribution in [2.75, 3.05) is 24.3 Å². The highest BCUT2D eigenvalue weighted by Gasteiger charge is 2.21. The van der Waals surface area contributed by atoms with Crippen LogP contribution in [0.25, 0.3) is 0 Å². The third-order valence-corrected chi connectivity index (χ3v) is 3.37. The van der Waals surface area contributed by atoms with Crippen molar-refractivity contribution in [3.63, 3.8) is 0 Å². The van der Waals surface area contributed by atoms with Gasteiger partial charge in [-0.3, -0.25) is 4.79 Å². The number of carbonyl (C=O) groups is 1. The van der Waals surface area contributed by atoms with Crippen LogP contribution in [0.1, 0.15) is 26.7 Å². The number of benzene rings is 1. The number of ether oxygens (including phenoxy) is 2. The molecule has 5 nitrogen and oxygen atoms in total. The predicted molar refractivity (Wildman–Crippen MR) is 79.4 cm³/mol. The number of methoxy groups -OCH3 is 1. The third-order valence-electron chi connectivity index (χ3n) is 3.37. The van der Waals surface area contributed by atoms with Gasteiger partial charge in [0.05, 0.1) is 25.0 Å². The van der Waals surface area contributed by atoms with Crippen molar-refractivity contribution in [1.29, 1.82) is 0 Å². The number of anilines is 2. The Labute approximate surface area is 119 Å². The molecule has 1 amide bonds. The van der Waals surface area contributed by atoms with Gasteiger partial charge in [-0.2, -0.15) is 0 Å². The van der Waals surface area contributed by atoms with E-state index in [-0.39, 0.29) is 12.0 Å². The Balaban J connectivity index is 1.96. The topological polar surface area (TPSA) is 59.6 Å². The molecule has 1 fully saturated rings. The average molecular weight is 278 g/mol. The van der Waals surface area contributed by atoms with Gasteiger partial charge in [-0.15, -0.1) is 0 Å². The second-order valence-corrected chi connectivity index (χ2v) is 5.12. The lowest BCUT2D eigenvalue weighted by Crippen LogP contribution is -2.19. The summed E-state index contributed by atoms with van der Waals surface area (Å²) in [5.41, 5.74) is 1.63. The van der Waals surface area contributed by atoms with E-state index in [1.807, 2.05) is 18.2 Å². The lowest BCUT2D eigenvalue weighted by Gasteiger charge is -2.15. The third kappa shape index (κ3) is 3.87. The fraction of sp³-hybridized carbons (Fsp3) is 0.533. The summed E-state index contributed by atoms with van der Waals surface area (Å²) < 4.78 is 11.1. The van der Waals surface area contributed by atoms with Gasteiger partial charge in [-0.1, -0.05) is 0 Å². The molecule has 2 rings (SSSR count). The number of rotatable bonds is 5. The summed E-state index contributed by atoms with van der Waals surface area (Å²) in [7, 11) is 1.59. The van der Waals surface area contributed by atoms with E-state index in [0.717, 1.165) is 25.1 Å². The Bertz CT molecular complexity index is 476. The molecule has 20 heavy (non-hydrogen) atoms. The fourth-order valence-electron chi connectivity index (χ4n) is 2.36. The zero-order valence-corrected chi connectivity index (χ0v) is 12.2. The van der Waals surface area contributed by atoms with Crippen LogP contribution in [-0.4, -0.2) is 31.8 Å². The SMILES string of the molecule is COc1cc(NCC2CCC(C)O2)ccc1NC(C)=O. The summed E-state index contributed by atoms with van der Waals surface area (Å²) >= 11 is 0. The van der Waals surface area contributed by atoms with E-state index in [9.17, 15) is 4.79 Å². The first-order valence-corrected chi connectivity index (χ1v) is 6.93. The zero-order chi connectivity index (χ0) is 14.5. The Morgan fingerprint density at radius 3 is 2.85 bits per heavy atom. The van der Waals surface area contributed by atoms with E-state index in [0.29, 0.717) is 17.5 Å². The molecular formula is C15H22N2O3. The van der Waals surface area contributed by atoms with E-state index in [1.165, 1.54) is 6.92 Å².